The van der Waals surface area contributed by atoms with E-state index < -0.39 is 5.97 Å². The average Bonchev–Trinajstić information content (AvgIpc) is 2.56. The lowest BCUT2D eigenvalue weighted by Gasteiger charge is -2.04. The summed E-state index contributed by atoms with van der Waals surface area (Å²) >= 11 is 0. The van der Waals surface area contributed by atoms with Gasteiger partial charge in [-0.05, 0) is 6.07 Å². The fraction of sp³-hybridized carbons (Fsp3) is 0.333. The van der Waals surface area contributed by atoms with Crippen LogP contribution < -0.4 is 0 Å². The number of aliphatic carboxylic acids is 1. The van der Waals surface area contributed by atoms with E-state index in [1.54, 1.807) is 4.68 Å². The smallest absolute Gasteiger partial charge is 0.304 e. The maximum absolute atomic E-state index is 10.7. The summed E-state index contributed by atoms with van der Waals surface area (Å²) in [6.07, 6.45) is 0.112. The van der Waals surface area contributed by atoms with Crippen LogP contribution in [0.3, 0.4) is 0 Å². The standard InChI is InChI=1S/C12H14N2O2/c1-8(7-11(15)16)12-9-5-3-4-6-10(9)14(2)13-12/h3-6,8H,7H2,1-2H3,(H,15,16). The fourth-order valence-corrected chi connectivity index (χ4v) is 1.96. The number of carboxylic acid groups (broad SMARTS) is 1. The number of benzene rings is 1. The van der Waals surface area contributed by atoms with Gasteiger partial charge in [0, 0.05) is 18.4 Å². The first-order valence-corrected chi connectivity index (χ1v) is 5.23. The first kappa shape index (κ1) is 10.7. The van der Waals surface area contributed by atoms with Crippen LogP contribution >= 0.6 is 0 Å². The Labute approximate surface area is 93.5 Å². The van der Waals surface area contributed by atoms with E-state index in [-0.39, 0.29) is 12.3 Å². The molecule has 4 heteroatoms. The molecule has 1 unspecified atom stereocenters. The van der Waals surface area contributed by atoms with E-state index in [0.29, 0.717) is 0 Å². The third-order valence-electron chi connectivity index (χ3n) is 2.73. The van der Waals surface area contributed by atoms with Crippen LogP contribution in [0.4, 0.5) is 0 Å². The molecule has 2 aromatic rings. The normalized spacial score (nSPS) is 12.9. The second-order valence-corrected chi connectivity index (χ2v) is 4.02. The highest BCUT2D eigenvalue weighted by Gasteiger charge is 2.17. The van der Waals surface area contributed by atoms with Gasteiger partial charge in [-0.2, -0.15) is 5.10 Å². The molecule has 16 heavy (non-hydrogen) atoms. The zero-order chi connectivity index (χ0) is 11.7. The van der Waals surface area contributed by atoms with Crippen LogP contribution in [0.15, 0.2) is 24.3 Å². The number of rotatable bonds is 3. The molecule has 1 aromatic heterocycles. The van der Waals surface area contributed by atoms with Crippen molar-refractivity contribution in [1.29, 1.82) is 0 Å². The largest absolute Gasteiger partial charge is 0.481 e. The molecule has 0 amide bonds. The zero-order valence-corrected chi connectivity index (χ0v) is 9.34. The number of carbonyl (C=O) groups is 1. The van der Waals surface area contributed by atoms with Crippen LogP contribution in [0.2, 0.25) is 0 Å². The first-order chi connectivity index (χ1) is 7.59. The highest BCUT2D eigenvalue weighted by atomic mass is 16.4. The molecule has 0 bridgehead atoms. The van der Waals surface area contributed by atoms with Crippen molar-refractivity contribution in [3.63, 3.8) is 0 Å². The minimum atomic E-state index is -0.790. The lowest BCUT2D eigenvalue weighted by Crippen LogP contribution is -2.04. The van der Waals surface area contributed by atoms with Crippen molar-refractivity contribution in [2.45, 2.75) is 19.3 Å². The van der Waals surface area contributed by atoms with Gasteiger partial charge in [0.15, 0.2) is 0 Å². The molecule has 0 aliphatic carbocycles. The molecule has 1 heterocycles. The molecular formula is C12H14N2O2. The Kier molecular flexibility index (Phi) is 2.64. The summed E-state index contributed by atoms with van der Waals surface area (Å²) in [6, 6.07) is 7.87. The Balaban J connectivity index is 2.48. The second-order valence-electron chi connectivity index (χ2n) is 4.02. The van der Waals surface area contributed by atoms with E-state index >= 15 is 0 Å². The summed E-state index contributed by atoms with van der Waals surface area (Å²) in [5.41, 5.74) is 1.90. The molecule has 0 aliphatic rings. The minimum Gasteiger partial charge on any atom is -0.481 e. The molecular weight excluding hydrogens is 204 g/mol. The van der Waals surface area contributed by atoms with E-state index in [9.17, 15) is 4.79 Å². The van der Waals surface area contributed by atoms with Gasteiger partial charge in [0.05, 0.1) is 17.6 Å². The second kappa shape index (κ2) is 3.96. The van der Waals surface area contributed by atoms with Gasteiger partial charge in [-0.25, -0.2) is 0 Å². The average molecular weight is 218 g/mol. The molecule has 0 fully saturated rings. The Hall–Kier alpha value is -1.84. The van der Waals surface area contributed by atoms with Gasteiger partial charge >= 0.3 is 5.97 Å². The number of para-hydroxylation sites is 1. The van der Waals surface area contributed by atoms with Crippen LogP contribution in [0, 0.1) is 0 Å². The molecule has 0 spiro atoms. The summed E-state index contributed by atoms with van der Waals surface area (Å²) in [4.78, 5) is 10.7. The molecule has 0 aliphatic heterocycles. The van der Waals surface area contributed by atoms with Gasteiger partial charge < -0.3 is 5.11 Å². The molecule has 2 rings (SSSR count). The third-order valence-corrected chi connectivity index (χ3v) is 2.73. The molecule has 0 saturated carbocycles. The van der Waals surface area contributed by atoms with Crippen molar-refractivity contribution >= 4 is 16.9 Å². The van der Waals surface area contributed by atoms with Gasteiger partial charge in [-0.3, -0.25) is 9.48 Å². The predicted molar refractivity (Wildman–Crippen MR) is 61.4 cm³/mol. The van der Waals surface area contributed by atoms with Crippen molar-refractivity contribution in [3.05, 3.63) is 30.0 Å². The van der Waals surface area contributed by atoms with Crippen molar-refractivity contribution < 1.29 is 9.90 Å². The summed E-state index contributed by atoms with van der Waals surface area (Å²) in [5.74, 6) is -0.856. The monoisotopic (exact) mass is 218 g/mol. The van der Waals surface area contributed by atoms with E-state index in [2.05, 4.69) is 5.10 Å². The van der Waals surface area contributed by atoms with Crippen molar-refractivity contribution in [2.24, 2.45) is 7.05 Å². The van der Waals surface area contributed by atoms with Gasteiger partial charge in [0.25, 0.3) is 0 Å². The molecule has 1 aromatic carbocycles. The summed E-state index contributed by atoms with van der Waals surface area (Å²) in [5, 5.41) is 14.2. The van der Waals surface area contributed by atoms with E-state index in [1.165, 1.54) is 0 Å². The number of carboxylic acids is 1. The number of hydrogen-bond acceptors (Lipinski definition) is 2. The molecule has 4 nitrogen and oxygen atoms in total. The van der Waals surface area contributed by atoms with E-state index in [0.717, 1.165) is 16.6 Å². The highest BCUT2D eigenvalue weighted by molar-refractivity contribution is 5.83. The summed E-state index contributed by atoms with van der Waals surface area (Å²) < 4.78 is 1.79. The van der Waals surface area contributed by atoms with Gasteiger partial charge in [0.2, 0.25) is 0 Å². The van der Waals surface area contributed by atoms with Gasteiger partial charge in [0.1, 0.15) is 0 Å². The Morgan fingerprint density at radius 1 is 1.50 bits per heavy atom. The summed E-state index contributed by atoms with van der Waals surface area (Å²) in [6.45, 7) is 1.89. The number of aromatic nitrogens is 2. The first-order valence-electron chi connectivity index (χ1n) is 5.23. The number of nitrogens with zero attached hydrogens (tertiary/aromatic N) is 2. The van der Waals surface area contributed by atoms with Crippen molar-refractivity contribution in [2.75, 3.05) is 0 Å². The molecule has 1 atom stereocenters. The molecule has 0 radical (unpaired) electrons. The third kappa shape index (κ3) is 1.78. The van der Waals surface area contributed by atoms with Gasteiger partial charge in [-0.1, -0.05) is 25.1 Å². The number of fused-ring (bicyclic) bond motifs is 1. The van der Waals surface area contributed by atoms with Crippen LogP contribution in [0.5, 0.6) is 0 Å². The maximum Gasteiger partial charge on any atom is 0.304 e. The Bertz CT molecular complexity index is 531. The lowest BCUT2D eigenvalue weighted by atomic mass is 10.0. The lowest BCUT2D eigenvalue weighted by molar-refractivity contribution is -0.137. The van der Waals surface area contributed by atoms with Crippen LogP contribution in [0.1, 0.15) is 25.0 Å². The van der Waals surface area contributed by atoms with E-state index in [4.69, 9.17) is 5.11 Å². The van der Waals surface area contributed by atoms with Crippen molar-refractivity contribution in [3.8, 4) is 0 Å². The van der Waals surface area contributed by atoms with E-state index in [1.807, 2.05) is 38.2 Å². The molecule has 0 saturated heterocycles. The number of hydrogen-bond donors (Lipinski definition) is 1. The number of aryl methyl sites for hydroxylation is 1. The zero-order valence-electron chi connectivity index (χ0n) is 9.34. The maximum atomic E-state index is 10.7. The van der Waals surface area contributed by atoms with Crippen LogP contribution in [-0.4, -0.2) is 20.9 Å². The molecule has 1 N–H and O–H groups in total. The molecule has 84 valence electrons. The summed E-state index contributed by atoms with van der Waals surface area (Å²) in [7, 11) is 1.87. The Morgan fingerprint density at radius 3 is 2.88 bits per heavy atom. The van der Waals surface area contributed by atoms with Crippen LogP contribution in [0.25, 0.3) is 10.9 Å². The van der Waals surface area contributed by atoms with Crippen LogP contribution in [-0.2, 0) is 11.8 Å². The van der Waals surface area contributed by atoms with Gasteiger partial charge in [-0.15, -0.1) is 0 Å². The SMILES string of the molecule is CC(CC(=O)O)c1nn(C)c2ccccc12. The minimum absolute atomic E-state index is 0.0661. The quantitative estimate of drug-likeness (QED) is 0.858. The fourth-order valence-electron chi connectivity index (χ4n) is 1.96. The van der Waals surface area contributed by atoms with Crippen molar-refractivity contribution in [1.82, 2.24) is 9.78 Å². The highest BCUT2D eigenvalue weighted by Crippen LogP contribution is 2.26. The topological polar surface area (TPSA) is 55.1 Å². The Morgan fingerprint density at radius 2 is 2.19 bits per heavy atom. The predicted octanol–water partition coefficient (Wildman–Crippen LogP) is 2.15.